The van der Waals surface area contributed by atoms with Gasteiger partial charge in [0.05, 0.1) is 5.02 Å². The number of hydrogen-bond donors (Lipinski definition) is 3. The number of nitrogens with two attached hydrogens (primary N) is 1. The highest BCUT2D eigenvalue weighted by molar-refractivity contribution is 8.00. The van der Waals surface area contributed by atoms with E-state index in [1.807, 2.05) is 17.7 Å². The summed E-state index contributed by atoms with van der Waals surface area (Å²) in [4.78, 5) is 7.35. The van der Waals surface area contributed by atoms with Gasteiger partial charge in [0.15, 0.2) is 0 Å². The summed E-state index contributed by atoms with van der Waals surface area (Å²) in [5, 5.41) is 4.82. The van der Waals surface area contributed by atoms with Crippen molar-refractivity contribution in [3.05, 3.63) is 75.5 Å². The predicted octanol–water partition coefficient (Wildman–Crippen LogP) is 4.12. The molecule has 0 bridgehead atoms. The van der Waals surface area contributed by atoms with Gasteiger partial charge in [-0.2, -0.15) is 0 Å². The van der Waals surface area contributed by atoms with Crippen molar-refractivity contribution in [2.75, 3.05) is 7.05 Å². The summed E-state index contributed by atoms with van der Waals surface area (Å²) < 4.78 is 29.8. The van der Waals surface area contributed by atoms with Crippen LogP contribution in [0.3, 0.4) is 0 Å². The summed E-state index contributed by atoms with van der Waals surface area (Å²) in [7, 11) is 1.73. The Hall–Kier alpha value is -2.13. The number of nitrogens with zero attached hydrogens (tertiary/aromatic N) is 2. The standard InChI is InChI=1S/C18H18ClF2N5S/c1-26(22)15(5-11-7-23-18-16(11)6-13(19)9-24-18)10-27-25-8-12-4-14(20)2-3-17(12)21/h2-4,6-7,9-10,25H,5,8,22H2,1H3,(H,23,24)/b15-10-. The van der Waals surface area contributed by atoms with Crippen LogP contribution in [0.1, 0.15) is 11.1 Å². The molecule has 0 atom stereocenters. The van der Waals surface area contributed by atoms with E-state index in [2.05, 4.69) is 14.7 Å². The summed E-state index contributed by atoms with van der Waals surface area (Å²) in [5.41, 5.74) is 2.84. The van der Waals surface area contributed by atoms with E-state index in [-0.39, 0.29) is 12.1 Å². The third-order valence-corrected chi connectivity index (χ3v) is 4.86. The van der Waals surface area contributed by atoms with E-state index in [1.54, 1.807) is 13.2 Å². The second kappa shape index (κ2) is 8.71. The Kier molecular flexibility index (Phi) is 6.33. The molecule has 5 nitrogen and oxygen atoms in total. The van der Waals surface area contributed by atoms with E-state index in [4.69, 9.17) is 17.4 Å². The molecule has 0 amide bonds. The van der Waals surface area contributed by atoms with Crippen molar-refractivity contribution in [3.63, 3.8) is 0 Å². The zero-order valence-electron chi connectivity index (χ0n) is 14.5. The lowest BCUT2D eigenvalue weighted by Gasteiger charge is -2.16. The van der Waals surface area contributed by atoms with Crippen molar-refractivity contribution in [1.29, 1.82) is 0 Å². The maximum Gasteiger partial charge on any atom is 0.137 e. The molecule has 0 fully saturated rings. The number of hydrazine groups is 1. The van der Waals surface area contributed by atoms with Crippen LogP contribution in [-0.2, 0) is 13.0 Å². The maximum absolute atomic E-state index is 13.6. The van der Waals surface area contributed by atoms with Gasteiger partial charge in [-0.15, -0.1) is 0 Å². The molecule has 0 saturated heterocycles. The number of allylic oxidation sites excluding steroid dienone is 1. The number of benzene rings is 1. The topological polar surface area (TPSA) is 70.0 Å². The molecular formula is C18H18ClF2N5S. The SMILES string of the molecule is CN(N)/C(=C\SNCc1cc(F)ccc1F)Cc1c[nH]c2ncc(Cl)cc12. The van der Waals surface area contributed by atoms with Crippen LogP contribution in [0.4, 0.5) is 8.78 Å². The van der Waals surface area contributed by atoms with E-state index in [0.29, 0.717) is 11.4 Å². The number of aromatic nitrogens is 2. The molecular weight excluding hydrogens is 392 g/mol. The highest BCUT2D eigenvalue weighted by Crippen LogP contribution is 2.23. The Morgan fingerprint density at radius 1 is 1.37 bits per heavy atom. The molecule has 4 N–H and O–H groups in total. The van der Waals surface area contributed by atoms with Gasteiger partial charge in [0.1, 0.15) is 17.3 Å². The van der Waals surface area contributed by atoms with Crippen LogP contribution in [0.15, 0.2) is 47.8 Å². The molecule has 3 aromatic rings. The fourth-order valence-corrected chi connectivity index (χ4v) is 3.40. The molecule has 0 aliphatic heterocycles. The second-order valence-electron chi connectivity index (χ2n) is 5.94. The van der Waals surface area contributed by atoms with Crippen molar-refractivity contribution in [2.45, 2.75) is 13.0 Å². The fourth-order valence-electron chi connectivity index (χ4n) is 2.53. The first kappa shape index (κ1) is 19.6. The van der Waals surface area contributed by atoms with Gasteiger partial charge in [0.2, 0.25) is 0 Å². The average Bonchev–Trinajstić information content (AvgIpc) is 3.02. The largest absolute Gasteiger partial charge is 0.346 e. The molecule has 2 aromatic heterocycles. The molecule has 0 spiro atoms. The maximum atomic E-state index is 13.6. The first-order valence-corrected chi connectivity index (χ1v) is 9.31. The lowest BCUT2D eigenvalue weighted by atomic mass is 10.1. The van der Waals surface area contributed by atoms with Crippen LogP contribution in [0.2, 0.25) is 5.02 Å². The van der Waals surface area contributed by atoms with Crippen molar-refractivity contribution >= 4 is 34.6 Å². The van der Waals surface area contributed by atoms with Gasteiger partial charge in [-0.1, -0.05) is 23.5 Å². The number of likely N-dealkylation sites (N-methyl/N-ethyl adjacent to an activating group) is 1. The molecule has 0 aliphatic carbocycles. The number of fused-ring (bicyclic) bond motifs is 1. The highest BCUT2D eigenvalue weighted by atomic mass is 35.5. The highest BCUT2D eigenvalue weighted by Gasteiger charge is 2.10. The zero-order chi connectivity index (χ0) is 19.4. The number of nitrogens with one attached hydrogen (secondary N) is 2. The Balaban J connectivity index is 1.67. The van der Waals surface area contributed by atoms with Crippen LogP contribution in [-0.4, -0.2) is 22.0 Å². The molecule has 0 radical (unpaired) electrons. The molecule has 3 rings (SSSR count). The quantitative estimate of drug-likeness (QED) is 0.237. The van der Waals surface area contributed by atoms with Crippen LogP contribution in [0.5, 0.6) is 0 Å². The summed E-state index contributed by atoms with van der Waals surface area (Å²) in [6, 6.07) is 5.23. The molecule has 0 unspecified atom stereocenters. The minimum Gasteiger partial charge on any atom is -0.346 e. The van der Waals surface area contributed by atoms with Gasteiger partial charge in [-0.3, -0.25) is 4.72 Å². The first-order valence-electron chi connectivity index (χ1n) is 8.05. The van der Waals surface area contributed by atoms with Gasteiger partial charge in [0, 0.05) is 54.5 Å². The molecule has 2 heterocycles. The number of pyridine rings is 1. The van der Waals surface area contributed by atoms with Crippen molar-refractivity contribution < 1.29 is 8.78 Å². The van der Waals surface area contributed by atoms with Crippen molar-refractivity contribution in [1.82, 2.24) is 19.7 Å². The van der Waals surface area contributed by atoms with Crippen LogP contribution in [0.25, 0.3) is 11.0 Å². The van der Waals surface area contributed by atoms with E-state index >= 15 is 0 Å². The summed E-state index contributed by atoms with van der Waals surface area (Å²) >= 11 is 7.29. The zero-order valence-corrected chi connectivity index (χ0v) is 16.0. The number of rotatable bonds is 7. The predicted molar refractivity (Wildman–Crippen MR) is 106 cm³/mol. The van der Waals surface area contributed by atoms with E-state index < -0.39 is 11.6 Å². The van der Waals surface area contributed by atoms with Crippen molar-refractivity contribution in [3.8, 4) is 0 Å². The number of H-pyrrole nitrogens is 1. The summed E-state index contributed by atoms with van der Waals surface area (Å²) in [6.07, 6.45) is 4.00. The fraction of sp³-hybridized carbons (Fsp3) is 0.167. The van der Waals surface area contributed by atoms with Crippen LogP contribution in [0, 0.1) is 11.6 Å². The molecule has 9 heteroatoms. The van der Waals surface area contributed by atoms with Gasteiger partial charge in [0.25, 0.3) is 0 Å². The first-order chi connectivity index (χ1) is 12.9. The molecule has 0 aliphatic rings. The second-order valence-corrected chi connectivity index (χ2v) is 7.13. The smallest absolute Gasteiger partial charge is 0.137 e. The number of aromatic amines is 1. The van der Waals surface area contributed by atoms with Crippen LogP contribution >= 0.6 is 23.5 Å². The Bertz CT molecular complexity index is 974. The minimum absolute atomic E-state index is 0.180. The summed E-state index contributed by atoms with van der Waals surface area (Å²) in [5.74, 6) is 5.01. The third kappa shape index (κ3) is 4.98. The van der Waals surface area contributed by atoms with Crippen molar-refractivity contribution in [2.24, 2.45) is 5.84 Å². The Morgan fingerprint density at radius 3 is 2.96 bits per heavy atom. The lowest BCUT2D eigenvalue weighted by molar-refractivity contribution is 0.431. The number of hydrogen-bond acceptors (Lipinski definition) is 5. The van der Waals surface area contributed by atoms with E-state index in [1.165, 1.54) is 23.0 Å². The normalized spacial score (nSPS) is 12.0. The number of halogens is 3. The lowest BCUT2D eigenvalue weighted by Crippen LogP contribution is -2.26. The summed E-state index contributed by atoms with van der Waals surface area (Å²) in [6.45, 7) is 0.180. The Labute approximate surface area is 164 Å². The van der Waals surface area contributed by atoms with E-state index in [0.717, 1.165) is 34.4 Å². The average molecular weight is 410 g/mol. The molecule has 0 saturated carbocycles. The molecule has 1 aromatic carbocycles. The van der Waals surface area contributed by atoms with Crippen LogP contribution < -0.4 is 10.6 Å². The third-order valence-electron chi connectivity index (χ3n) is 3.96. The molecule has 142 valence electrons. The molecule has 27 heavy (non-hydrogen) atoms. The van der Waals surface area contributed by atoms with E-state index in [9.17, 15) is 8.78 Å². The van der Waals surface area contributed by atoms with Gasteiger partial charge in [-0.25, -0.2) is 19.6 Å². The van der Waals surface area contributed by atoms with Gasteiger partial charge >= 0.3 is 0 Å². The Morgan fingerprint density at radius 2 is 2.19 bits per heavy atom. The van der Waals surface area contributed by atoms with Gasteiger partial charge in [-0.05, 0) is 29.8 Å². The van der Waals surface area contributed by atoms with Gasteiger partial charge < -0.3 is 9.99 Å². The minimum atomic E-state index is -0.470. The monoisotopic (exact) mass is 409 g/mol.